The van der Waals surface area contributed by atoms with Crippen molar-refractivity contribution in [3.05, 3.63) is 39.4 Å². The fraction of sp³-hybridized carbons (Fsp3) is 0.632. The number of nitro groups is 1. The maximum atomic E-state index is 12.5. The van der Waals surface area contributed by atoms with Gasteiger partial charge in [0.15, 0.2) is 0 Å². The summed E-state index contributed by atoms with van der Waals surface area (Å²) < 4.78 is 0. The van der Waals surface area contributed by atoms with Crippen LogP contribution in [-0.2, 0) is 4.79 Å². The minimum atomic E-state index is -0.330. The van der Waals surface area contributed by atoms with E-state index >= 15 is 0 Å². The summed E-state index contributed by atoms with van der Waals surface area (Å²) in [6, 6.07) is 5.49. The molecular formula is C19H27N3O3. The smallest absolute Gasteiger partial charge is 0.272 e. The van der Waals surface area contributed by atoms with E-state index in [1.165, 1.54) is 12.8 Å². The zero-order valence-electron chi connectivity index (χ0n) is 15.0. The zero-order chi connectivity index (χ0) is 18.0. The van der Waals surface area contributed by atoms with Gasteiger partial charge in [0, 0.05) is 42.7 Å². The summed E-state index contributed by atoms with van der Waals surface area (Å²) in [6.45, 7) is 5.39. The number of nitro benzene ring substituents is 1. The first kappa shape index (κ1) is 17.9. The van der Waals surface area contributed by atoms with Crippen LogP contribution in [0.1, 0.15) is 56.2 Å². The molecule has 6 heteroatoms. The van der Waals surface area contributed by atoms with Gasteiger partial charge in [0.25, 0.3) is 5.69 Å². The maximum Gasteiger partial charge on any atom is 0.272 e. The van der Waals surface area contributed by atoms with Crippen molar-refractivity contribution in [1.29, 1.82) is 0 Å². The van der Waals surface area contributed by atoms with E-state index in [1.54, 1.807) is 19.1 Å². The Morgan fingerprint density at radius 2 is 2.04 bits per heavy atom. The van der Waals surface area contributed by atoms with Gasteiger partial charge in [-0.3, -0.25) is 14.9 Å². The quantitative estimate of drug-likeness (QED) is 0.656. The number of likely N-dealkylation sites (tertiary alicyclic amines) is 1. The van der Waals surface area contributed by atoms with Crippen LogP contribution < -0.4 is 5.32 Å². The number of benzene rings is 1. The van der Waals surface area contributed by atoms with Gasteiger partial charge in [-0.15, -0.1) is 0 Å². The molecule has 1 N–H and O–H groups in total. The fourth-order valence-electron chi connectivity index (χ4n) is 4.28. The Balaban J connectivity index is 1.61. The zero-order valence-corrected chi connectivity index (χ0v) is 15.0. The van der Waals surface area contributed by atoms with Gasteiger partial charge in [-0.25, -0.2) is 0 Å². The van der Waals surface area contributed by atoms with E-state index in [9.17, 15) is 14.9 Å². The molecule has 1 aromatic carbocycles. The summed E-state index contributed by atoms with van der Waals surface area (Å²) in [6.07, 6.45) is 5.37. The SMILES string of the molecule is Cc1c([C@H](C)N[C@H]2CCN(C(=O)C3CCCC3)C2)cccc1[N+](=O)[O-]. The second-order valence-corrected chi connectivity index (χ2v) is 7.39. The Labute approximate surface area is 148 Å². The average Bonchev–Trinajstić information content (AvgIpc) is 3.26. The minimum Gasteiger partial charge on any atom is -0.341 e. The molecule has 0 bridgehead atoms. The lowest BCUT2D eigenvalue weighted by Crippen LogP contribution is -2.38. The monoisotopic (exact) mass is 345 g/mol. The van der Waals surface area contributed by atoms with Crippen LogP contribution in [0.15, 0.2) is 18.2 Å². The van der Waals surface area contributed by atoms with Crippen LogP contribution in [-0.4, -0.2) is 34.9 Å². The van der Waals surface area contributed by atoms with Gasteiger partial charge in [-0.2, -0.15) is 0 Å². The van der Waals surface area contributed by atoms with Crippen molar-refractivity contribution in [3.8, 4) is 0 Å². The van der Waals surface area contributed by atoms with Gasteiger partial charge in [-0.05, 0) is 38.7 Å². The molecule has 1 saturated carbocycles. The molecule has 2 aliphatic rings. The molecule has 0 unspecified atom stereocenters. The van der Waals surface area contributed by atoms with Crippen LogP contribution >= 0.6 is 0 Å². The topological polar surface area (TPSA) is 75.5 Å². The maximum absolute atomic E-state index is 12.5. The lowest BCUT2D eigenvalue weighted by atomic mass is 10.00. The Bertz CT molecular complexity index is 655. The summed E-state index contributed by atoms with van der Waals surface area (Å²) in [7, 11) is 0. The molecule has 25 heavy (non-hydrogen) atoms. The van der Waals surface area contributed by atoms with E-state index in [4.69, 9.17) is 0 Å². The summed E-state index contributed by atoms with van der Waals surface area (Å²) in [5, 5.41) is 14.7. The molecule has 0 spiro atoms. The number of carbonyl (C=O) groups is 1. The molecular weight excluding hydrogens is 318 g/mol. The number of carbonyl (C=O) groups excluding carboxylic acids is 1. The number of nitrogens with zero attached hydrogens (tertiary/aromatic N) is 2. The second kappa shape index (κ2) is 7.52. The second-order valence-electron chi connectivity index (χ2n) is 7.39. The van der Waals surface area contributed by atoms with Crippen LogP contribution in [0.25, 0.3) is 0 Å². The van der Waals surface area contributed by atoms with Gasteiger partial charge >= 0.3 is 0 Å². The summed E-state index contributed by atoms with van der Waals surface area (Å²) in [5.41, 5.74) is 1.83. The van der Waals surface area contributed by atoms with Crippen molar-refractivity contribution in [2.24, 2.45) is 5.92 Å². The molecule has 1 heterocycles. The van der Waals surface area contributed by atoms with Crippen molar-refractivity contribution in [1.82, 2.24) is 10.2 Å². The number of amides is 1. The molecule has 2 atom stereocenters. The molecule has 1 aromatic rings. The van der Waals surface area contributed by atoms with Gasteiger partial charge in [0.1, 0.15) is 0 Å². The van der Waals surface area contributed by atoms with Crippen molar-refractivity contribution < 1.29 is 9.72 Å². The number of nitrogens with one attached hydrogen (secondary N) is 1. The van der Waals surface area contributed by atoms with Crippen molar-refractivity contribution in [2.75, 3.05) is 13.1 Å². The van der Waals surface area contributed by atoms with Crippen molar-refractivity contribution >= 4 is 11.6 Å². The number of hydrogen-bond donors (Lipinski definition) is 1. The van der Waals surface area contributed by atoms with Gasteiger partial charge in [0.05, 0.1) is 4.92 Å². The molecule has 1 aliphatic heterocycles. The van der Waals surface area contributed by atoms with Gasteiger partial charge in [0.2, 0.25) is 5.91 Å². The summed E-state index contributed by atoms with van der Waals surface area (Å²) in [5.74, 6) is 0.552. The fourth-order valence-corrected chi connectivity index (χ4v) is 4.28. The first-order chi connectivity index (χ1) is 12.0. The molecule has 136 valence electrons. The Morgan fingerprint density at radius 1 is 1.32 bits per heavy atom. The molecule has 3 rings (SSSR count). The van der Waals surface area contributed by atoms with Crippen molar-refractivity contribution in [2.45, 2.75) is 58.0 Å². The highest BCUT2D eigenvalue weighted by Crippen LogP contribution is 2.29. The largest absolute Gasteiger partial charge is 0.341 e. The number of hydrogen-bond acceptors (Lipinski definition) is 4. The van der Waals surface area contributed by atoms with E-state index in [2.05, 4.69) is 5.32 Å². The van der Waals surface area contributed by atoms with Crippen LogP contribution in [0.2, 0.25) is 0 Å². The standard InChI is InChI=1S/C19H27N3O3/c1-13-17(8-5-9-18(13)22(24)25)14(2)20-16-10-11-21(12-16)19(23)15-6-3-4-7-15/h5,8-9,14-16,20H,3-4,6-7,10-12H2,1-2H3/t14-,16-/m0/s1. The Kier molecular flexibility index (Phi) is 5.37. The molecule has 1 aliphatic carbocycles. The molecule has 1 amide bonds. The van der Waals surface area contributed by atoms with E-state index in [0.29, 0.717) is 11.5 Å². The van der Waals surface area contributed by atoms with E-state index < -0.39 is 0 Å². The molecule has 6 nitrogen and oxygen atoms in total. The highest BCUT2D eigenvalue weighted by atomic mass is 16.6. The predicted octanol–water partition coefficient (Wildman–Crippen LogP) is 3.34. The number of rotatable bonds is 5. The Hall–Kier alpha value is -1.95. The predicted molar refractivity (Wildman–Crippen MR) is 96.3 cm³/mol. The van der Waals surface area contributed by atoms with E-state index in [1.807, 2.05) is 17.9 Å². The first-order valence-electron chi connectivity index (χ1n) is 9.26. The summed E-state index contributed by atoms with van der Waals surface area (Å²) >= 11 is 0. The molecule has 1 saturated heterocycles. The molecule has 2 fully saturated rings. The normalized spacial score (nSPS) is 22.3. The lowest BCUT2D eigenvalue weighted by Gasteiger charge is -2.23. The van der Waals surface area contributed by atoms with Crippen LogP contribution in [0.4, 0.5) is 5.69 Å². The third-order valence-corrected chi connectivity index (χ3v) is 5.70. The van der Waals surface area contributed by atoms with E-state index in [0.717, 1.165) is 37.9 Å². The highest BCUT2D eigenvalue weighted by molar-refractivity contribution is 5.79. The molecule has 0 radical (unpaired) electrons. The van der Waals surface area contributed by atoms with E-state index in [-0.39, 0.29) is 28.6 Å². The highest BCUT2D eigenvalue weighted by Gasteiger charge is 2.32. The first-order valence-corrected chi connectivity index (χ1v) is 9.26. The molecule has 0 aromatic heterocycles. The third kappa shape index (κ3) is 3.84. The summed E-state index contributed by atoms with van der Waals surface area (Å²) in [4.78, 5) is 25.3. The van der Waals surface area contributed by atoms with Gasteiger partial charge in [-0.1, -0.05) is 25.0 Å². The minimum absolute atomic E-state index is 0.0198. The van der Waals surface area contributed by atoms with Crippen molar-refractivity contribution in [3.63, 3.8) is 0 Å². The van der Waals surface area contributed by atoms with Crippen LogP contribution in [0.5, 0.6) is 0 Å². The third-order valence-electron chi connectivity index (χ3n) is 5.70. The Morgan fingerprint density at radius 3 is 2.72 bits per heavy atom. The average molecular weight is 345 g/mol. The lowest BCUT2D eigenvalue weighted by molar-refractivity contribution is -0.385. The van der Waals surface area contributed by atoms with Gasteiger partial charge < -0.3 is 10.2 Å². The van der Waals surface area contributed by atoms with Crippen LogP contribution in [0, 0.1) is 23.0 Å². The van der Waals surface area contributed by atoms with Crippen LogP contribution in [0.3, 0.4) is 0 Å².